The lowest BCUT2D eigenvalue weighted by Gasteiger charge is -2.13. The molecule has 0 bridgehead atoms. The first kappa shape index (κ1) is 10.5. The summed E-state index contributed by atoms with van der Waals surface area (Å²) in [5, 5.41) is 11.8. The molecule has 76 valence electrons. The van der Waals surface area contributed by atoms with Gasteiger partial charge in [-0.3, -0.25) is 4.79 Å². The van der Waals surface area contributed by atoms with Gasteiger partial charge in [-0.2, -0.15) is 0 Å². The Bertz CT molecular complexity index is 173. The minimum atomic E-state index is -0.153. The molecule has 1 aliphatic rings. The molecule has 1 saturated heterocycles. The van der Waals surface area contributed by atoms with Gasteiger partial charge in [0, 0.05) is 26.6 Å². The van der Waals surface area contributed by atoms with Gasteiger partial charge in [0.15, 0.2) is 0 Å². The van der Waals surface area contributed by atoms with Gasteiger partial charge in [0.25, 0.3) is 0 Å². The molecule has 4 heteroatoms. The monoisotopic (exact) mass is 186 g/mol. The minimum Gasteiger partial charge on any atom is -0.392 e. The SMILES string of the molecule is CNC(=O)CCCN1CC[C@H](O)C1. The van der Waals surface area contributed by atoms with Gasteiger partial charge in [-0.1, -0.05) is 0 Å². The maximum Gasteiger partial charge on any atom is 0.219 e. The van der Waals surface area contributed by atoms with Gasteiger partial charge in [-0.15, -0.1) is 0 Å². The molecule has 4 nitrogen and oxygen atoms in total. The molecule has 1 heterocycles. The van der Waals surface area contributed by atoms with Crippen LogP contribution in [0.5, 0.6) is 0 Å². The molecule has 1 atom stereocenters. The summed E-state index contributed by atoms with van der Waals surface area (Å²) in [7, 11) is 1.65. The van der Waals surface area contributed by atoms with Crippen molar-refractivity contribution in [1.82, 2.24) is 10.2 Å². The average Bonchev–Trinajstić information content (AvgIpc) is 2.51. The first-order valence-corrected chi connectivity index (χ1v) is 4.83. The molecule has 0 aromatic heterocycles. The number of nitrogens with one attached hydrogen (secondary N) is 1. The molecule has 0 aliphatic carbocycles. The van der Waals surface area contributed by atoms with Crippen LogP contribution in [0.2, 0.25) is 0 Å². The Balaban J connectivity index is 2.03. The van der Waals surface area contributed by atoms with Crippen molar-refractivity contribution in [2.24, 2.45) is 0 Å². The molecule has 0 saturated carbocycles. The zero-order chi connectivity index (χ0) is 9.68. The van der Waals surface area contributed by atoms with Gasteiger partial charge in [0.05, 0.1) is 6.10 Å². The Labute approximate surface area is 78.9 Å². The summed E-state index contributed by atoms with van der Waals surface area (Å²) in [5.74, 6) is 0.0970. The van der Waals surface area contributed by atoms with Crippen LogP contribution in [-0.2, 0) is 4.79 Å². The van der Waals surface area contributed by atoms with Crippen LogP contribution in [0.25, 0.3) is 0 Å². The van der Waals surface area contributed by atoms with E-state index in [0.717, 1.165) is 32.5 Å². The second-order valence-electron chi connectivity index (χ2n) is 3.52. The van der Waals surface area contributed by atoms with E-state index in [9.17, 15) is 9.90 Å². The highest BCUT2D eigenvalue weighted by atomic mass is 16.3. The van der Waals surface area contributed by atoms with Crippen molar-refractivity contribution in [2.75, 3.05) is 26.7 Å². The summed E-state index contributed by atoms with van der Waals surface area (Å²) in [4.78, 5) is 13.1. The summed E-state index contributed by atoms with van der Waals surface area (Å²) in [5.41, 5.74) is 0. The summed E-state index contributed by atoms with van der Waals surface area (Å²) in [6.45, 7) is 2.66. The van der Waals surface area contributed by atoms with Crippen LogP contribution in [0.15, 0.2) is 0 Å². The van der Waals surface area contributed by atoms with E-state index in [1.165, 1.54) is 0 Å². The van der Waals surface area contributed by atoms with Crippen LogP contribution in [0.4, 0.5) is 0 Å². The fraction of sp³-hybridized carbons (Fsp3) is 0.889. The van der Waals surface area contributed by atoms with E-state index in [1.807, 2.05) is 0 Å². The number of aliphatic hydroxyl groups is 1. The number of hydrogen-bond acceptors (Lipinski definition) is 3. The van der Waals surface area contributed by atoms with Crippen molar-refractivity contribution >= 4 is 5.91 Å². The number of likely N-dealkylation sites (tertiary alicyclic amines) is 1. The van der Waals surface area contributed by atoms with Crippen LogP contribution in [-0.4, -0.2) is 48.7 Å². The summed E-state index contributed by atoms with van der Waals surface area (Å²) >= 11 is 0. The van der Waals surface area contributed by atoms with Gasteiger partial charge in [-0.05, 0) is 19.4 Å². The van der Waals surface area contributed by atoms with Crippen LogP contribution in [0.3, 0.4) is 0 Å². The molecule has 1 amide bonds. The minimum absolute atomic E-state index is 0.0970. The van der Waals surface area contributed by atoms with Gasteiger partial charge in [0.2, 0.25) is 5.91 Å². The molecule has 0 unspecified atom stereocenters. The Morgan fingerprint density at radius 1 is 1.69 bits per heavy atom. The van der Waals surface area contributed by atoms with Gasteiger partial charge < -0.3 is 15.3 Å². The Hall–Kier alpha value is -0.610. The summed E-state index contributed by atoms with van der Waals surface area (Å²) in [6.07, 6.45) is 2.19. The van der Waals surface area contributed by atoms with Gasteiger partial charge in [0.1, 0.15) is 0 Å². The highest BCUT2D eigenvalue weighted by molar-refractivity contribution is 5.75. The molecule has 0 aromatic rings. The van der Waals surface area contributed by atoms with Crippen LogP contribution in [0.1, 0.15) is 19.3 Å². The number of amides is 1. The van der Waals surface area contributed by atoms with E-state index in [2.05, 4.69) is 10.2 Å². The van der Waals surface area contributed by atoms with Crippen molar-refractivity contribution in [1.29, 1.82) is 0 Å². The predicted octanol–water partition coefficient (Wildman–Crippen LogP) is -0.421. The molecular weight excluding hydrogens is 168 g/mol. The van der Waals surface area contributed by atoms with E-state index >= 15 is 0 Å². The highest BCUT2D eigenvalue weighted by Gasteiger charge is 2.19. The fourth-order valence-corrected chi connectivity index (χ4v) is 1.60. The van der Waals surface area contributed by atoms with E-state index in [1.54, 1.807) is 7.05 Å². The van der Waals surface area contributed by atoms with Gasteiger partial charge in [-0.25, -0.2) is 0 Å². The topological polar surface area (TPSA) is 52.6 Å². The predicted molar refractivity (Wildman–Crippen MR) is 50.4 cm³/mol. The third-order valence-corrected chi connectivity index (χ3v) is 2.40. The van der Waals surface area contributed by atoms with Crippen molar-refractivity contribution in [3.8, 4) is 0 Å². The standard InChI is InChI=1S/C9H18N2O2/c1-10-9(13)3-2-5-11-6-4-8(12)7-11/h8,12H,2-7H2,1H3,(H,10,13)/t8-/m0/s1. The van der Waals surface area contributed by atoms with Crippen molar-refractivity contribution in [2.45, 2.75) is 25.4 Å². The molecular formula is C9H18N2O2. The van der Waals surface area contributed by atoms with Crippen LogP contribution < -0.4 is 5.32 Å². The number of nitrogens with zero attached hydrogens (tertiary/aromatic N) is 1. The normalized spacial score (nSPS) is 23.4. The lowest BCUT2D eigenvalue weighted by Crippen LogP contribution is -2.25. The molecule has 0 aromatic carbocycles. The van der Waals surface area contributed by atoms with E-state index < -0.39 is 0 Å². The Kier molecular flexibility index (Phi) is 4.18. The molecule has 1 aliphatic heterocycles. The lowest BCUT2D eigenvalue weighted by molar-refractivity contribution is -0.120. The van der Waals surface area contributed by atoms with Crippen molar-refractivity contribution < 1.29 is 9.90 Å². The van der Waals surface area contributed by atoms with E-state index in [4.69, 9.17) is 0 Å². The van der Waals surface area contributed by atoms with Crippen molar-refractivity contribution in [3.63, 3.8) is 0 Å². The quantitative estimate of drug-likeness (QED) is 0.627. The molecule has 13 heavy (non-hydrogen) atoms. The first-order valence-electron chi connectivity index (χ1n) is 4.83. The number of carbonyl (C=O) groups is 1. The second-order valence-corrected chi connectivity index (χ2v) is 3.52. The maximum absolute atomic E-state index is 10.9. The Morgan fingerprint density at radius 2 is 2.46 bits per heavy atom. The number of carbonyl (C=O) groups excluding carboxylic acids is 1. The smallest absolute Gasteiger partial charge is 0.219 e. The Morgan fingerprint density at radius 3 is 3.00 bits per heavy atom. The molecule has 0 radical (unpaired) electrons. The fourth-order valence-electron chi connectivity index (χ4n) is 1.60. The van der Waals surface area contributed by atoms with Crippen molar-refractivity contribution in [3.05, 3.63) is 0 Å². The van der Waals surface area contributed by atoms with Gasteiger partial charge >= 0.3 is 0 Å². The third-order valence-electron chi connectivity index (χ3n) is 2.40. The number of hydrogen-bond donors (Lipinski definition) is 2. The van der Waals surface area contributed by atoms with Crippen LogP contribution in [0, 0.1) is 0 Å². The molecule has 1 fully saturated rings. The van der Waals surface area contributed by atoms with E-state index in [-0.39, 0.29) is 12.0 Å². The van der Waals surface area contributed by atoms with Crippen LogP contribution >= 0.6 is 0 Å². The largest absolute Gasteiger partial charge is 0.392 e. The second kappa shape index (κ2) is 5.19. The molecule has 1 rings (SSSR count). The van der Waals surface area contributed by atoms with E-state index in [0.29, 0.717) is 6.42 Å². The first-order chi connectivity index (χ1) is 6.22. The average molecular weight is 186 g/mol. The number of β-amino-alcohol motifs (C(OH)–C–C–N with tert-alkyl or cyclic N) is 1. The third kappa shape index (κ3) is 3.74. The highest BCUT2D eigenvalue weighted by Crippen LogP contribution is 2.09. The summed E-state index contributed by atoms with van der Waals surface area (Å²) in [6, 6.07) is 0. The maximum atomic E-state index is 10.9. The molecule has 2 N–H and O–H groups in total. The zero-order valence-corrected chi connectivity index (χ0v) is 8.12. The number of rotatable bonds is 4. The summed E-state index contributed by atoms with van der Waals surface area (Å²) < 4.78 is 0. The number of aliphatic hydroxyl groups excluding tert-OH is 1. The zero-order valence-electron chi connectivity index (χ0n) is 8.12. The lowest BCUT2D eigenvalue weighted by atomic mass is 10.3. The molecule has 0 spiro atoms.